The minimum Gasteiger partial charge on any atom is -0.376 e. The highest BCUT2D eigenvalue weighted by Crippen LogP contribution is 2.15. The molecule has 7 heteroatoms. The van der Waals surface area contributed by atoms with Crippen molar-refractivity contribution in [2.45, 2.75) is 38.5 Å². The predicted molar refractivity (Wildman–Crippen MR) is 80.5 cm³/mol. The van der Waals surface area contributed by atoms with Crippen LogP contribution in [-0.4, -0.2) is 34.2 Å². The Balaban J connectivity index is 1.68. The molecule has 0 radical (unpaired) electrons. The van der Waals surface area contributed by atoms with E-state index < -0.39 is 0 Å². The van der Waals surface area contributed by atoms with Crippen molar-refractivity contribution >= 4 is 27.5 Å². The monoisotopic (exact) mass is 307 g/mol. The van der Waals surface area contributed by atoms with Crippen molar-refractivity contribution in [2.24, 2.45) is 0 Å². The third-order valence-corrected chi connectivity index (χ3v) is 4.50. The van der Waals surface area contributed by atoms with Crippen LogP contribution in [0.25, 0.3) is 10.2 Å². The van der Waals surface area contributed by atoms with Crippen LogP contribution in [0.3, 0.4) is 0 Å². The lowest BCUT2D eigenvalue weighted by Gasteiger charge is -2.20. The Hall–Kier alpha value is -1.73. The first-order chi connectivity index (χ1) is 10.1. The molecule has 3 heterocycles. The molecule has 21 heavy (non-hydrogen) atoms. The molecule has 1 fully saturated rings. The Labute approximate surface area is 125 Å². The fraction of sp³-hybridized carbons (Fsp3) is 0.500. The first-order valence-corrected chi connectivity index (χ1v) is 7.87. The largest absolute Gasteiger partial charge is 0.376 e. The molecule has 6 nitrogen and oxygen atoms in total. The number of hydrogen-bond donors (Lipinski definition) is 1. The van der Waals surface area contributed by atoms with Gasteiger partial charge in [-0.3, -0.25) is 14.2 Å². The zero-order chi connectivity index (χ0) is 14.8. The average molecular weight is 307 g/mol. The molecule has 1 aliphatic heterocycles. The summed E-state index contributed by atoms with van der Waals surface area (Å²) >= 11 is 1.42. The summed E-state index contributed by atoms with van der Waals surface area (Å²) in [6, 6.07) is 1.69. The number of nitrogens with zero attached hydrogens (tertiary/aromatic N) is 2. The number of hydrogen-bond acceptors (Lipinski definition) is 5. The van der Waals surface area contributed by atoms with Crippen LogP contribution in [0.4, 0.5) is 0 Å². The van der Waals surface area contributed by atoms with Crippen molar-refractivity contribution in [3.63, 3.8) is 0 Å². The molecule has 0 aliphatic carbocycles. The zero-order valence-corrected chi connectivity index (χ0v) is 12.6. The molecule has 0 bridgehead atoms. The summed E-state index contributed by atoms with van der Waals surface area (Å²) in [6.45, 7) is 2.66. The van der Waals surface area contributed by atoms with Crippen LogP contribution in [0.1, 0.15) is 19.8 Å². The van der Waals surface area contributed by atoms with Crippen molar-refractivity contribution in [1.29, 1.82) is 0 Å². The lowest BCUT2D eigenvalue weighted by atomic mass is 10.1. The summed E-state index contributed by atoms with van der Waals surface area (Å²) in [5.74, 6) is -0.198. The maximum atomic E-state index is 12.2. The highest BCUT2D eigenvalue weighted by Gasteiger charge is 2.23. The standard InChI is InChI=1S/C14H17N3O3S/c1-9(11-3-2-5-20-11)16-12(18)7-17-8-15-13-10(14(17)19)4-6-21-13/h4,6,8-9,11H,2-3,5,7H2,1H3,(H,16,18)/t9-,11-/m0/s1. The maximum absolute atomic E-state index is 12.2. The molecule has 112 valence electrons. The Morgan fingerprint density at radius 3 is 3.29 bits per heavy atom. The van der Waals surface area contributed by atoms with Crippen LogP contribution in [0, 0.1) is 0 Å². The maximum Gasteiger partial charge on any atom is 0.262 e. The summed E-state index contributed by atoms with van der Waals surface area (Å²) in [6.07, 6.45) is 3.49. The van der Waals surface area contributed by atoms with Crippen molar-refractivity contribution in [3.8, 4) is 0 Å². The second-order valence-corrected chi connectivity index (χ2v) is 6.12. The van der Waals surface area contributed by atoms with E-state index in [1.165, 1.54) is 22.2 Å². The first-order valence-electron chi connectivity index (χ1n) is 6.99. The minimum atomic E-state index is -0.198. The normalized spacial score (nSPS) is 19.8. The number of aromatic nitrogens is 2. The first kappa shape index (κ1) is 14.2. The molecule has 2 aromatic heterocycles. The zero-order valence-electron chi connectivity index (χ0n) is 11.7. The highest BCUT2D eigenvalue weighted by molar-refractivity contribution is 7.16. The number of rotatable bonds is 4. The van der Waals surface area contributed by atoms with Crippen molar-refractivity contribution in [1.82, 2.24) is 14.9 Å². The van der Waals surface area contributed by atoms with Gasteiger partial charge in [0.1, 0.15) is 11.4 Å². The lowest BCUT2D eigenvalue weighted by Crippen LogP contribution is -2.43. The summed E-state index contributed by atoms with van der Waals surface area (Å²) < 4.78 is 6.88. The van der Waals surface area contributed by atoms with E-state index in [0.717, 1.165) is 19.4 Å². The molecule has 0 saturated carbocycles. The van der Waals surface area contributed by atoms with Gasteiger partial charge in [0.25, 0.3) is 5.56 Å². The molecule has 2 atom stereocenters. The number of fused-ring (bicyclic) bond motifs is 1. The van der Waals surface area contributed by atoms with Gasteiger partial charge in [-0.05, 0) is 31.2 Å². The van der Waals surface area contributed by atoms with E-state index in [9.17, 15) is 9.59 Å². The molecule has 0 aromatic carbocycles. The minimum absolute atomic E-state index is 0.0192. The van der Waals surface area contributed by atoms with E-state index in [1.54, 1.807) is 6.07 Å². The fourth-order valence-electron chi connectivity index (χ4n) is 2.55. The van der Waals surface area contributed by atoms with Gasteiger partial charge in [0.15, 0.2) is 0 Å². The van der Waals surface area contributed by atoms with Crippen molar-refractivity contribution in [2.75, 3.05) is 6.61 Å². The van der Waals surface area contributed by atoms with E-state index in [-0.39, 0.29) is 30.2 Å². The van der Waals surface area contributed by atoms with Crippen LogP contribution in [0.15, 0.2) is 22.6 Å². The van der Waals surface area contributed by atoms with Gasteiger partial charge in [-0.25, -0.2) is 4.98 Å². The second-order valence-electron chi connectivity index (χ2n) is 5.22. The number of thiophene rings is 1. The quantitative estimate of drug-likeness (QED) is 0.919. The molecule has 0 unspecified atom stereocenters. The van der Waals surface area contributed by atoms with Gasteiger partial charge in [0.2, 0.25) is 5.91 Å². The van der Waals surface area contributed by atoms with Gasteiger partial charge in [-0.1, -0.05) is 0 Å². The molecule has 1 amide bonds. The second kappa shape index (κ2) is 5.95. The third-order valence-electron chi connectivity index (χ3n) is 3.68. The summed E-state index contributed by atoms with van der Waals surface area (Å²) in [5.41, 5.74) is -0.179. The molecule has 1 saturated heterocycles. The SMILES string of the molecule is C[C@H](NC(=O)Cn1cnc2sccc2c1=O)[C@@H]1CCCO1. The molecule has 2 aromatic rings. The van der Waals surface area contributed by atoms with Gasteiger partial charge in [-0.15, -0.1) is 11.3 Å². The van der Waals surface area contributed by atoms with E-state index in [2.05, 4.69) is 10.3 Å². The van der Waals surface area contributed by atoms with Gasteiger partial charge < -0.3 is 10.1 Å². The van der Waals surface area contributed by atoms with Crippen LogP contribution in [-0.2, 0) is 16.1 Å². The number of carbonyl (C=O) groups is 1. The molecule has 3 rings (SSSR count). The van der Waals surface area contributed by atoms with Gasteiger partial charge in [0, 0.05) is 6.61 Å². The highest BCUT2D eigenvalue weighted by atomic mass is 32.1. The van der Waals surface area contributed by atoms with E-state index in [0.29, 0.717) is 10.2 Å². The number of carbonyl (C=O) groups excluding carboxylic acids is 1. The Morgan fingerprint density at radius 1 is 1.67 bits per heavy atom. The molecule has 1 N–H and O–H groups in total. The lowest BCUT2D eigenvalue weighted by molar-refractivity contribution is -0.123. The average Bonchev–Trinajstić information content (AvgIpc) is 3.12. The molecular formula is C14H17N3O3S. The predicted octanol–water partition coefficient (Wildman–Crippen LogP) is 1.14. The molecule has 1 aliphatic rings. The van der Waals surface area contributed by atoms with E-state index in [4.69, 9.17) is 4.74 Å². The van der Waals surface area contributed by atoms with Crippen LogP contribution in [0.2, 0.25) is 0 Å². The summed E-state index contributed by atoms with van der Waals surface area (Å²) in [7, 11) is 0. The van der Waals surface area contributed by atoms with Crippen LogP contribution in [0.5, 0.6) is 0 Å². The van der Waals surface area contributed by atoms with E-state index >= 15 is 0 Å². The smallest absolute Gasteiger partial charge is 0.262 e. The fourth-order valence-corrected chi connectivity index (χ4v) is 3.27. The topological polar surface area (TPSA) is 73.2 Å². The van der Waals surface area contributed by atoms with Crippen molar-refractivity contribution in [3.05, 3.63) is 28.1 Å². The van der Waals surface area contributed by atoms with E-state index in [1.807, 2.05) is 12.3 Å². The van der Waals surface area contributed by atoms with Crippen LogP contribution >= 0.6 is 11.3 Å². The number of ether oxygens (including phenoxy) is 1. The summed E-state index contributed by atoms with van der Waals surface area (Å²) in [4.78, 5) is 29.1. The number of amides is 1. The Morgan fingerprint density at radius 2 is 2.52 bits per heavy atom. The molecular weight excluding hydrogens is 290 g/mol. The van der Waals surface area contributed by atoms with Gasteiger partial charge in [-0.2, -0.15) is 0 Å². The van der Waals surface area contributed by atoms with Gasteiger partial charge >= 0.3 is 0 Å². The molecule has 0 spiro atoms. The van der Waals surface area contributed by atoms with Gasteiger partial charge in [0.05, 0.1) is 23.9 Å². The number of nitrogens with one attached hydrogen (secondary N) is 1. The summed E-state index contributed by atoms with van der Waals surface area (Å²) in [5, 5.41) is 5.27. The van der Waals surface area contributed by atoms with Crippen LogP contribution < -0.4 is 10.9 Å². The Bertz CT molecular complexity index is 703. The Kier molecular flexibility index (Phi) is 4.03. The third kappa shape index (κ3) is 2.98. The van der Waals surface area contributed by atoms with Crippen molar-refractivity contribution < 1.29 is 9.53 Å².